The van der Waals surface area contributed by atoms with E-state index in [0.29, 0.717) is 4.90 Å². The SMILES string of the molecule is COc1cc(/C=C2/NC(=O)N(CC(=O)O)C2=O)c([N+](=O)[O-])cc1OCc1ccccc1. The number of ether oxygens (including phenoxy) is 2. The maximum Gasteiger partial charge on any atom is 0.329 e. The van der Waals surface area contributed by atoms with Crippen LogP contribution in [-0.2, 0) is 16.2 Å². The topological polar surface area (TPSA) is 148 Å². The first-order valence-electron chi connectivity index (χ1n) is 8.89. The molecule has 0 bridgehead atoms. The summed E-state index contributed by atoms with van der Waals surface area (Å²) in [7, 11) is 1.35. The number of hydrogen-bond donors (Lipinski definition) is 2. The summed E-state index contributed by atoms with van der Waals surface area (Å²) < 4.78 is 10.9. The molecule has 1 aliphatic heterocycles. The number of hydrogen-bond acceptors (Lipinski definition) is 7. The number of carbonyl (C=O) groups is 3. The van der Waals surface area contributed by atoms with Crippen molar-refractivity contribution in [3.63, 3.8) is 0 Å². The van der Waals surface area contributed by atoms with Gasteiger partial charge in [0, 0.05) is 0 Å². The van der Waals surface area contributed by atoms with Gasteiger partial charge in [0.05, 0.1) is 23.7 Å². The fraction of sp³-hybridized carbons (Fsp3) is 0.150. The van der Waals surface area contributed by atoms with Gasteiger partial charge in [0.15, 0.2) is 11.5 Å². The van der Waals surface area contributed by atoms with Gasteiger partial charge in [0.2, 0.25) is 0 Å². The Bertz CT molecular complexity index is 1080. The summed E-state index contributed by atoms with van der Waals surface area (Å²) in [4.78, 5) is 46.4. The predicted molar refractivity (Wildman–Crippen MR) is 106 cm³/mol. The van der Waals surface area contributed by atoms with Gasteiger partial charge in [-0.2, -0.15) is 0 Å². The highest BCUT2D eigenvalue weighted by Gasteiger charge is 2.35. The standard InChI is InChI=1S/C20H17N3O8/c1-30-16-8-13(7-14-19(26)22(10-18(24)25)20(27)21-14)15(23(28)29)9-17(16)31-11-12-5-3-2-4-6-12/h2-9H,10-11H2,1H3,(H,21,27)(H,24,25)/b14-7+. The molecule has 2 aromatic rings. The van der Waals surface area contributed by atoms with Crippen LogP contribution in [0.1, 0.15) is 11.1 Å². The number of imide groups is 1. The monoisotopic (exact) mass is 427 g/mol. The smallest absolute Gasteiger partial charge is 0.329 e. The summed E-state index contributed by atoms with van der Waals surface area (Å²) in [6.07, 6.45) is 1.09. The molecule has 3 amide bonds. The molecule has 3 rings (SSSR count). The van der Waals surface area contributed by atoms with Gasteiger partial charge in [0.1, 0.15) is 18.8 Å². The minimum Gasteiger partial charge on any atom is -0.493 e. The van der Waals surface area contributed by atoms with Gasteiger partial charge in [-0.3, -0.25) is 19.7 Å². The van der Waals surface area contributed by atoms with Crippen LogP contribution < -0.4 is 14.8 Å². The van der Waals surface area contributed by atoms with Crippen LogP contribution in [0.2, 0.25) is 0 Å². The number of nitro benzene ring substituents is 1. The Morgan fingerprint density at radius 1 is 1.23 bits per heavy atom. The maximum atomic E-state index is 12.3. The number of amides is 3. The highest BCUT2D eigenvalue weighted by molar-refractivity contribution is 6.15. The molecule has 0 aromatic heterocycles. The molecule has 11 heteroatoms. The third kappa shape index (κ3) is 4.78. The number of rotatable bonds is 8. The van der Waals surface area contributed by atoms with Gasteiger partial charge in [-0.1, -0.05) is 30.3 Å². The van der Waals surface area contributed by atoms with E-state index in [-0.39, 0.29) is 29.4 Å². The first-order chi connectivity index (χ1) is 14.8. The summed E-state index contributed by atoms with van der Waals surface area (Å²) in [5, 5.41) is 22.6. The van der Waals surface area contributed by atoms with Gasteiger partial charge < -0.3 is 19.9 Å². The highest BCUT2D eigenvalue weighted by Crippen LogP contribution is 2.36. The molecule has 0 aliphatic carbocycles. The lowest BCUT2D eigenvalue weighted by molar-refractivity contribution is -0.385. The van der Waals surface area contributed by atoms with E-state index in [1.165, 1.54) is 13.2 Å². The number of aliphatic carboxylic acids is 1. The van der Waals surface area contributed by atoms with Crippen molar-refractivity contribution in [3.05, 3.63) is 69.4 Å². The molecular formula is C20H17N3O8. The zero-order valence-corrected chi connectivity index (χ0v) is 16.2. The Kier molecular flexibility index (Phi) is 6.15. The molecule has 0 spiro atoms. The molecule has 1 aliphatic rings. The number of carboxylic acids is 1. The van der Waals surface area contributed by atoms with Crippen molar-refractivity contribution < 1.29 is 33.9 Å². The second-order valence-corrected chi connectivity index (χ2v) is 6.37. The number of nitrogens with one attached hydrogen (secondary N) is 1. The first kappa shape index (κ1) is 21.3. The van der Waals surface area contributed by atoms with Crippen LogP contribution in [0.15, 0.2) is 48.2 Å². The number of carbonyl (C=O) groups excluding carboxylic acids is 2. The van der Waals surface area contributed by atoms with E-state index < -0.39 is 35.1 Å². The molecule has 160 valence electrons. The van der Waals surface area contributed by atoms with E-state index in [2.05, 4.69) is 5.32 Å². The van der Waals surface area contributed by atoms with E-state index in [1.54, 1.807) is 0 Å². The zero-order valence-electron chi connectivity index (χ0n) is 16.2. The van der Waals surface area contributed by atoms with Crippen molar-refractivity contribution in [3.8, 4) is 11.5 Å². The van der Waals surface area contributed by atoms with Crippen LogP contribution in [0.5, 0.6) is 11.5 Å². The van der Waals surface area contributed by atoms with Crippen LogP contribution in [0, 0.1) is 10.1 Å². The Morgan fingerprint density at radius 3 is 2.55 bits per heavy atom. The van der Waals surface area contributed by atoms with E-state index >= 15 is 0 Å². The van der Waals surface area contributed by atoms with Gasteiger partial charge in [-0.25, -0.2) is 9.69 Å². The summed E-state index contributed by atoms with van der Waals surface area (Å²) in [5.74, 6) is -2.00. The lowest BCUT2D eigenvalue weighted by Gasteiger charge is -2.12. The van der Waals surface area contributed by atoms with Crippen LogP contribution in [-0.4, -0.2) is 46.5 Å². The number of nitro groups is 1. The Balaban J connectivity index is 1.94. The van der Waals surface area contributed by atoms with Gasteiger partial charge in [0.25, 0.3) is 11.6 Å². The molecule has 0 unspecified atom stereocenters. The second-order valence-electron chi connectivity index (χ2n) is 6.37. The maximum absolute atomic E-state index is 12.3. The van der Waals surface area contributed by atoms with E-state index in [9.17, 15) is 24.5 Å². The molecule has 2 N–H and O–H groups in total. The zero-order chi connectivity index (χ0) is 22.5. The van der Waals surface area contributed by atoms with E-state index in [1.807, 2.05) is 30.3 Å². The fourth-order valence-electron chi connectivity index (χ4n) is 2.85. The van der Waals surface area contributed by atoms with Gasteiger partial charge in [-0.15, -0.1) is 0 Å². The van der Waals surface area contributed by atoms with Gasteiger partial charge >= 0.3 is 12.0 Å². The quantitative estimate of drug-likeness (QED) is 0.282. The molecule has 31 heavy (non-hydrogen) atoms. The average Bonchev–Trinajstić information content (AvgIpc) is 2.99. The highest BCUT2D eigenvalue weighted by atomic mass is 16.6. The fourth-order valence-corrected chi connectivity index (χ4v) is 2.85. The Labute approximate surface area is 175 Å². The number of urea groups is 1. The third-order valence-corrected chi connectivity index (χ3v) is 4.30. The largest absolute Gasteiger partial charge is 0.493 e. The number of nitrogens with zero attached hydrogens (tertiary/aromatic N) is 2. The second kappa shape index (κ2) is 8.95. The minimum atomic E-state index is -1.38. The van der Waals surface area contributed by atoms with Crippen LogP contribution in [0.3, 0.4) is 0 Å². The molecule has 0 atom stereocenters. The molecule has 1 heterocycles. The molecular weight excluding hydrogens is 410 g/mol. The normalized spacial score (nSPS) is 14.5. The van der Waals surface area contributed by atoms with Crippen molar-refractivity contribution in [2.75, 3.05) is 13.7 Å². The minimum absolute atomic E-state index is 0.0327. The van der Waals surface area contributed by atoms with Crippen molar-refractivity contribution in [2.24, 2.45) is 0 Å². The summed E-state index contributed by atoms with van der Waals surface area (Å²) >= 11 is 0. The van der Waals surface area contributed by atoms with Crippen LogP contribution in [0.25, 0.3) is 6.08 Å². The van der Waals surface area contributed by atoms with Crippen molar-refractivity contribution in [1.29, 1.82) is 0 Å². The van der Waals surface area contributed by atoms with Crippen molar-refractivity contribution in [2.45, 2.75) is 6.61 Å². The lowest BCUT2D eigenvalue weighted by atomic mass is 10.1. The molecule has 1 fully saturated rings. The Morgan fingerprint density at radius 2 is 1.94 bits per heavy atom. The average molecular weight is 427 g/mol. The number of benzene rings is 2. The summed E-state index contributed by atoms with van der Waals surface area (Å²) in [5.41, 5.74) is 0.121. The first-order valence-corrected chi connectivity index (χ1v) is 8.89. The number of carboxylic acid groups (broad SMARTS) is 1. The number of methoxy groups -OCH3 is 1. The molecule has 1 saturated heterocycles. The molecule has 11 nitrogen and oxygen atoms in total. The van der Waals surface area contributed by atoms with E-state index in [0.717, 1.165) is 17.7 Å². The molecule has 0 saturated carbocycles. The molecule has 2 aromatic carbocycles. The van der Waals surface area contributed by atoms with Crippen LogP contribution in [0.4, 0.5) is 10.5 Å². The summed E-state index contributed by atoms with van der Waals surface area (Å²) in [6.45, 7) is -0.687. The predicted octanol–water partition coefficient (Wildman–Crippen LogP) is 2.16. The summed E-state index contributed by atoms with van der Waals surface area (Å²) in [6, 6.07) is 10.7. The lowest BCUT2D eigenvalue weighted by Crippen LogP contribution is -2.35. The van der Waals surface area contributed by atoms with E-state index in [4.69, 9.17) is 14.6 Å². The van der Waals surface area contributed by atoms with Crippen molar-refractivity contribution >= 4 is 29.7 Å². The third-order valence-electron chi connectivity index (χ3n) is 4.30. The Hall–Kier alpha value is -4.41. The van der Waals surface area contributed by atoms with Crippen LogP contribution >= 0.6 is 0 Å². The molecule has 0 radical (unpaired) electrons. The van der Waals surface area contributed by atoms with Gasteiger partial charge in [-0.05, 0) is 17.7 Å². The van der Waals surface area contributed by atoms with Crippen molar-refractivity contribution in [1.82, 2.24) is 10.2 Å².